The van der Waals surface area contributed by atoms with Crippen molar-refractivity contribution in [2.24, 2.45) is 0 Å². The van der Waals surface area contributed by atoms with E-state index < -0.39 is 17.6 Å². The fourth-order valence-corrected chi connectivity index (χ4v) is 3.86. The van der Waals surface area contributed by atoms with Crippen molar-refractivity contribution in [3.05, 3.63) is 70.9 Å². The highest BCUT2D eigenvalue weighted by molar-refractivity contribution is 7.99. The Balaban J connectivity index is 2.07. The van der Waals surface area contributed by atoms with Crippen LogP contribution in [-0.4, -0.2) is 49.4 Å². The molecule has 0 unspecified atom stereocenters. The van der Waals surface area contributed by atoms with Gasteiger partial charge in [0.1, 0.15) is 5.56 Å². The summed E-state index contributed by atoms with van der Waals surface area (Å²) >= 11 is 1.56. The highest BCUT2D eigenvalue weighted by atomic mass is 32.2. The number of thioether (sulfide) groups is 1. The number of carbonyl (C=O) groups is 1. The van der Waals surface area contributed by atoms with Gasteiger partial charge in [0.2, 0.25) is 0 Å². The first-order valence-corrected chi connectivity index (χ1v) is 9.58. The number of pyridine rings is 1. The molecule has 2 aromatic rings. The maximum absolute atomic E-state index is 12.9. The Hall–Kier alpha value is -2.71. The number of aliphatic hydroxyl groups excluding tert-OH is 1. The zero-order chi connectivity index (χ0) is 19.4. The maximum Gasteiger partial charge on any atom is 0.284 e. The minimum atomic E-state index is -0.622. The van der Waals surface area contributed by atoms with E-state index in [9.17, 15) is 14.7 Å². The summed E-state index contributed by atoms with van der Waals surface area (Å²) in [7, 11) is 0. The van der Waals surface area contributed by atoms with E-state index in [1.54, 1.807) is 42.2 Å². The number of nitrogens with one attached hydrogen (secondary N) is 1. The van der Waals surface area contributed by atoms with Gasteiger partial charge in [0, 0.05) is 17.7 Å². The number of hydrogen-bond acceptors (Lipinski definition) is 6. The van der Waals surface area contributed by atoms with E-state index in [2.05, 4.69) is 22.0 Å². The maximum atomic E-state index is 12.9. The van der Waals surface area contributed by atoms with Crippen LogP contribution in [0.15, 0.2) is 54.1 Å². The molecule has 0 spiro atoms. The number of aliphatic hydroxyl groups is 1. The minimum Gasteiger partial charge on any atom is -0.390 e. The zero-order valence-corrected chi connectivity index (χ0v) is 15.6. The Morgan fingerprint density at radius 2 is 2.30 bits per heavy atom. The molecule has 1 fully saturated rings. The van der Waals surface area contributed by atoms with Crippen molar-refractivity contribution >= 4 is 23.2 Å². The van der Waals surface area contributed by atoms with Crippen LogP contribution in [0.1, 0.15) is 23.0 Å². The van der Waals surface area contributed by atoms with E-state index in [1.165, 1.54) is 12.3 Å². The summed E-state index contributed by atoms with van der Waals surface area (Å²) in [5.41, 5.74) is 1.11. The lowest BCUT2D eigenvalue weighted by molar-refractivity contribution is 0.0886. The molecule has 0 saturated carbocycles. The van der Waals surface area contributed by atoms with E-state index in [0.717, 1.165) is 10.3 Å². The first kappa shape index (κ1) is 19.1. The molecule has 8 heteroatoms. The van der Waals surface area contributed by atoms with Crippen LogP contribution in [0.25, 0.3) is 11.3 Å². The molecular weight excluding hydrogens is 364 g/mol. The molecule has 2 atom stereocenters. The number of rotatable bonds is 5. The summed E-state index contributed by atoms with van der Waals surface area (Å²) in [5, 5.41) is 17.1. The van der Waals surface area contributed by atoms with Gasteiger partial charge >= 0.3 is 0 Å². The van der Waals surface area contributed by atoms with Crippen molar-refractivity contribution in [1.29, 1.82) is 0 Å². The quantitative estimate of drug-likeness (QED) is 0.757. The Morgan fingerprint density at radius 3 is 2.93 bits per heavy atom. The SMILES string of the molecule is C=C/C=C(\C)c1cc(C(=O)N[C@@H]2CSC[C@@H]2O)c(=O)n(-c2cccnc2)n1. The van der Waals surface area contributed by atoms with Crippen molar-refractivity contribution in [2.45, 2.75) is 19.1 Å². The van der Waals surface area contributed by atoms with Crippen LogP contribution < -0.4 is 10.9 Å². The summed E-state index contributed by atoms with van der Waals surface area (Å²) in [6, 6.07) is 4.47. The molecule has 0 bridgehead atoms. The van der Waals surface area contributed by atoms with E-state index in [1.807, 2.05) is 6.92 Å². The van der Waals surface area contributed by atoms with Crippen LogP contribution in [0, 0.1) is 0 Å². The monoisotopic (exact) mass is 384 g/mol. The number of amides is 1. The van der Waals surface area contributed by atoms with Crippen LogP contribution >= 0.6 is 11.8 Å². The summed E-state index contributed by atoms with van der Waals surface area (Å²) in [6.45, 7) is 5.49. The zero-order valence-electron chi connectivity index (χ0n) is 14.8. The number of nitrogens with zero attached hydrogens (tertiary/aromatic N) is 3. The lowest BCUT2D eigenvalue weighted by atomic mass is 10.1. The molecule has 0 radical (unpaired) electrons. The van der Waals surface area contributed by atoms with Gasteiger partial charge in [0.25, 0.3) is 11.5 Å². The van der Waals surface area contributed by atoms with Crippen molar-refractivity contribution < 1.29 is 9.90 Å². The van der Waals surface area contributed by atoms with Crippen LogP contribution in [0.4, 0.5) is 0 Å². The summed E-state index contributed by atoms with van der Waals surface area (Å²) in [5.74, 6) is 0.643. The van der Waals surface area contributed by atoms with Crippen LogP contribution in [0.5, 0.6) is 0 Å². The molecular formula is C19H20N4O3S. The smallest absolute Gasteiger partial charge is 0.284 e. The third-order valence-corrected chi connectivity index (χ3v) is 5.36. The molecule has 140 valence electrons. The third-order valence-electron chi connectivity index (χ3n) is 4.19. The Bertz CT molecular complexity index is 940. The summed E-state index contributed by atoms with van der Waals surface area (Å²) in [4.78, 5) is 29.7. The molecule has 1 aliphatic heterocycles. The number of hydrogen-bond donors (Lipinski definition) is 2. The van der Waals surface area contributed by atoms with Gasteiger partial charge in [0.05, 0.1) is 29.7 Å². The van der Waals surface area contributed by atoms with Gasteiger partial charge in [-0.3, -0.25) is 14.6 Å². The Labute approximate surface area is 160 Å². The second-order valence-corrected chi connectivity index (χ2v) is 7.22. The number of carbonyl (C=O) groups excluding carboxylic acids is 1. The fraction of sp³-hybridized carbons (Fsp3) is 0.263. The lowest BCUT2D eigenvalue weighted by Crippen LogP contribution is -2.44. The second kappa shape index (κ2) is 8.32. The first-order valence-electron chi connectivity index (χ1n) is 8.42. The molecule has 3 heterocycles. The van der Waals surface area contributed by atoms with Crippen molar-refractivity contribution in [3.63, 3.8) is 0 Å². The molecule has 7 nitrogen and oxygen atoms in total. The highest BCUT2D eigenvalue weighted by Crippen LogP contribution is 2.19. The first-order chi connectivity index (χ1) is 13.0. The van der Waals surface area contributed by atoms with E-state index in [-0.39, 0.29) is 11.6 Å². The van der Waals surface area contributed by atoms with Gasteiger partial charge in [-0.1, -0.05) is 18.7 Å². The van der Waals surface area contributed by atoms with Crippen molar-refractivity contribution in [2.75, 3.05) is 11.5 Å². The fourth-order valence-electron chi connectivity index (χ4n) is 2.69. The molecule has 3 rings (SSSR count). The lowest BCUT2D eigenvalue weighted by Gasteiger charge is -2.16. The minimum absolute atomic E-state index is 0.0373. The summed E-state index contributed by atoms with van der Waals surface area (Å²) in [6.07, 6.45) is 5.84. The van der Waals surface area contributed by atoms with Gasteiger partial charge in [0.15, 0.2) is 0 Å². The molecule has 0 aliphatic carbocycles. The molecule has 27 heavy (non-hydrogen) atoms. The summed E-state index contributed by atoms with van der Waals surface area (Å²) < 4.78 is 1.16. The molecule has 0 aromatic carbocycles. The van der Waals surface area contributed by atoms with Gasteiger partial charge in [-0.15, -0.1) is 0 Å². The topological polar surface area (TPSA) is 97.1 Å². The molecule has 2 aromatic heterocycles. The highest BCUT2D eigenvalue weighted by Gasteiger charge is 2.28. The largest absolute Gasteiger partial charge is 0.390 e. The van der Waals surface area contributed by atoms with Gasteiger partial charge in [-0.25, -0.2) is 0 Å². The average Bonchev–Trinajstić information content (AvgIpc) is 3.07. The Kier molecular flexibility index (Phi) is 5.88. The molecule has 1 saturated heterocycles. The standard InChI is InChI=1S/C19H20N4O3S/c1-3-5-12(2)15-8-14(18(25)21-16-10-27-11-17(16)24)19(26)23(22-15)13-6-4-7-20-9-13/h3-9,16-17,24H,1,10-11H2,2H3,(H,21,25)/b12-5+/t16-,17+/m1/s1. The predicted octanol–water partition coefficient (Wildman–Crippen LogP) is 1.42. The van der Waals surface area contributed by atoms with Gasteiger partial charge < -0.3 is 10.4 Å². The third kappa shape index (κ3) is 4.17. The predicted molar refractivity (Wildman–Crippen MR) is 106 cm³/mol. The van der Waals surface area contributed by atoms with Crippen LogP contribution in [0.3, 0.4) is 0 Å². The van der Waals surface area contributed by atoms with Crippen LogP contribution in [0.2, 0.25) is 0 Å². The van der Waals surface area contributed by atoms with E-state index in [4.69, 9.17) is 0 Å². The number of allylic oxidation sites excluding steroid dienone is 3. The second-order valence-electron chi connectivity index (χ2n) is 6.14. The normalized spacial score (nSPS) is 19.7. The number of aromatic nitrogens is 3. The molecule has 1 aliphatic rings. The molecule has 1 amide bonds. The van der Waals surface area contributed by atoms with E-state index >= 15 is 0 Å². The van der Waals surface area contributed by atoms with Crippen molar-refractivity contribution in [1.82, 2.24) is 20.1 Å². The van der Waals surface area contributed by atoms with Crippen LogP contribution in [-0.2, 0) is 0 Å². The van der Waals surface area contributed by atoms with Gasteiger partial charge in [-0.2, -0.15) is 21.5 Å². The Morgan fingerprint density at radius 1 is 1.48 bits per heavy atom. The van der Waals surface area contributed by atoms with Crippen molar-refractivity contribution in [3.8, 4) is 5.69 Å². The van der Waals surface area contributed by atoms with E-state index in [0.29, 0.717) is 22.9 Å². The molecule has 2 N–H and O–H groups in total. The van der Waals surface area contributed by atoms with Gasteiger partial charge in [-0.05, 0) is 30.7 Å². The average molecular weight is 384 g/mol.